The van der Waals surface area contributed by atoms with Gasteiger partial charge in [0.25, 0.3) is 0 Å². The number of benzene rings is 2. The number of rotatable bonds is 5. The van der Waals surface area contributed by atoms with E-state index in [-0.39, 0.29) is 12.4 Å². The Kier molecular flexibility index (Phi) is 9.27. The number of hydrogen-bond acceptors (Lipinski definition) is 3. The van der Waals surface area contributed by atoms with Crippen molar-refractivity contribution < 1.29 is 0 Å². The van der Waals surface area contributed by atoms with Gasteiger partial charge in [-0.15, -0.1) is 12.4 Å². The van der Waals surface area contributed by atoms with Gasteiger partial charge in [-0.3, -0.25) is 4.90 Å². The SMILES string of the molecule is Cc1c(C=CCN2CCN(c3cc(Cl)cc(Cl)c3)CC2)cnn1-c1c(Cl)cc(Cl)cc1Cl.Cl. The highest BCUT2D eigenvalue weighted by atomic mass is 35.5. The van der Waals surface area contributed by atoms with Gasteiger partial charge in [-0.05, 0) is 37.3 Å². The zero-order chi connectivity index (χ0) is 22.8. The molecule has 1 aliphatic rings. The molecule has 2 aromatic carbocycles. The summed E-state index contributed by atoms with van der Waals surface area (Å²) in [7, 11) is 0. The second-order valence-electron chi connectivity index (χ2n) is 7.63. The quantitative estimate of drug-likeness (QED) is 0.316. The summed E-state index contributed by atoms with van der Waals surface area (Å²) in [5, 5.41) is 7.21. The second kappa shape index (κ2) is 11.5. The van der Waals surface area contributed by atoms with Crippen molar-refractivity contribution in [1.82, 2.24) is 14.7 Å². The van der Waals surface area contributed by atoms with E-state index in [9.17, 15) is 0 Å². The molecule has 0 spiro atoms. The molecule has 1 saturated heterocycles. The van der Waals surface area contributed by atoms with E-state index < -0.39 is 0 Å². The normalized spacial score (nSPS) is 14.7. The van der Waals surface area contributed by atoms with Crippen molar-refractivity contribution >= 4 is 82.2 Å². The first-order valence-corrected chi connectivity index (χ1v) is 12.0. The Morgan fingerprint density at radius 2 is 1.42 bits per heavy atom. The zero-order valence-corrected chi connectivity index (χ0v) is 22.3. The smallest absolute Gasteiger partial charge is 0.102 e. The van der Waals surface area contributed by atoms with Gasteiger partial charge >= 0.3 is 0 Å². The van der Waals surface area contributed by atoms with Crippen molar-refractivity contribution in [3.05, 3.63) is 79.0 Å². The Hall–Kier alpha value is -1.11. The maximum Gasteiger partial charge on any atom is 0.102 e. The number of hydrogen-bond donors (Lipinski definition) is 0. The molecule has 0 aliphatic carbocycles. The van der Waals surface area contributed by atoms with Crippen LogP contribution in [0.3, 0.4) is 0 Å². The molecule has 0 atom stereocenters. The average Bonchev–Trinajstić information content (AvgIpc) is 3.07. The van der Waals surface area contributed by atoms with Gasteiger partial charge < -0.3 is 4.90 Å². The monoisotopic (exact) mass is 564 g/mol. The Bertz CT molecular complexity index is 1110. The van der Waals surface area contributed by atoms with Crippen LogP contribution in [0.15, 0.2) is 42.6 Å². The van der Waals surface area contributed by atoms with Crippen LogP contribution in [0.5, 0.6) is 0 Å². The maximum atomic E-state index is 6.36. The second-order valence-corrected chi connectivity index (χ2v) is 9.76. The van der Waals surface area contributed by atoms with E-state index >= 15 is 0 Å². The summed E-state index contributed by atoms with van der Waals surface area (Å²) in [6, 6.07) is 9.01. The Labute approximate surface area is 225 Å². The van der Waals surface area contributed by atoms with Gasteiger partial charge in [0.15, 0.2) is 0 Å². The molecular formula is C23H22Cl6N4. The first-order valence-electron chi connectivity index (χ1n) is 10.1. The summed E-state index contributed by atoms with van der Waals surface area (Å²) in [6.45, 7) is 6.62. The fraction of sp³-hybridized carbons (Fsp3) is 0.261. The molecule has 0 unspecified atom stereocenters. The first kappa shape index (κ1) is 26.5. The first-order chi connectivity index (χ1) is 15.3. The summed E-state index contributed by atoms with van der Waals surface area (Å²) < 4.78 is 1.75. The van der Waals surface area contributed by atoms with Gasteiger partial charge in [-0.1, -0.05) is 70.2 Å². The molecule has 10 heteroatoms. The summed E-state index contributed by atoms with van der Waals surface area (Å²) in [5.41, 5.74) is 3.67. The lowest BCUT2D eigenvalue weighted by Crippen LogP contribution is -2.46. The van der Waals surface area contributed by atoms with Crippen molar-refractivity contribution in [3.63, 3.8) is 0 Å². The molecule has 1 fully saturated rings. The van der Waals surface area contributed by atoms with Gasteiger partial charge in [-0.2, -0.15) is 5.10 Å². The molecule has 33 heavy (non-hydrogen) atoms. The molecule has 1 aliphatic heterocycles. The standard InChI is InChI=1S/C23H21Cl5N4.ClH/c1-15-16(14-29-32(15)23-21(27)12-19(26)13-22(23)28)3-2-4-30-5-7-31(8-6-30)20-10-17(24)9-18(25)11-20;/h2-3,9-14H,4-8H2,1H3;1H. The topological polar surface area (TPSA) is 24.3 Å². The number of nitrogens with zero attached hydrogens (tertiary/aromatic N) is 4. The van der Waals surface area contributed by atoms with Crippen LogP contribution in [0.4, 0.5) is 5.69 Å². The van der Waals surface area contributed by atoms with Gasteiger partial charge in [-0.25, -0.2) is 4.68 Å². The molecule has 0 saturated carbocycles. The Morgan fingerprint density at radius 3 is 2.03 bits per heavy atom. The van der Waals surface area contributed by atoms with Crippen LogP contribution in [-0.4, -0.2) is 47.4 Å². The molecule has 4 nitrogen and oxygen atoms in total. The highest BCUT2D eigenvalue weighted by Gasteiger charge is 2.18. The molecule has 3 aromatic rings. The maximum absolute atomic E-state index is 6.36. The predicted molar refractivity (Wildman–Crippen MR) is 145 cm³/mol. The van der Waals surface area contributed by atoms with Crippen molar-refractivity contribution in [3.8, 4) is 5.69 Å². The molecule has 0 radical (unpaired) electrons. The third-order valence-electron chi connectivity index (χ3n) is 5.49. The number of halogens is 6. The third kappa shape index (κ3) is 6.32. The van der Waals surface area contributed by atoms with E-state index in [1.807, 2.05) is 25.3 Å². The molecule has 0 N–H and O–H groups in total. The van der Waals surface area contributed by atoms with Crippen LogP contribution in [0.25, 0.3) is 11.8 Å². The van der Waals surface area contributed by atoms with E-state index in [1.54, 1.807) is 22.9 Å². The molecular weight excluding hydrogens is 545 g/mol. The molecule has 176 valence electrons. The Morgan fingerprint density at radius 1 is 0.848 bits per heavy atom. The van der Waals surface area contributed by atoms with Gasteiger partial charge in [0, 0.05) is 64.7 Å². The molecule has 0 bridgehead atoms. The molecule has 1 aromatic heterocycles. The minimum absolute atomic E-state index is 0. The van der Waals surface area contributed by atoms with E-state index in [2.05, 4.69) is 27.1 Å². The fourth-order valence-corrected chi connectivity index (χ4v) is 5.28. The highest BCUT2D eigenvalue weighted by molar-refractivity contribution is 6.40. The molecule has 0 amide bonds. The van der Waals surface area contributed by atoms with Crippen LogP contribution in [-0.2, 0) is 0 Å². The van der Waals surface area contributed by atoms with Crippen LogP contribution in [0.1, 0.15) is 11.3 Å². The summed E-state index contributed by atoms with van der Waals surface area (Å²) >= 11 is 31.0. The minimum Gasteiger partial charge on any atom is -0.369 e. The summed E-state index contributed by atoms with van der Waals surface area (Å²) in [4.78, 5) is 4.72. The largest absolute Gasteiger partial charge is 0.369 e. The van der Waals surface area contributed by atoms with E-state index in [4.69, 9.17) is 58.0 Å². The number of aromatic nitrogens is 2. The van der Waals surface area contributed by atoms with E-state index in [1.165, 1.54) is 0 Å². The van der Waals surface area contributed by atoms with Crippen molar-refractivity contribution in [2.45, 2.75) is 6.92 Å². The minimum atomic E-state index is 0. The van der Waals surface area contributed by atoms with Crippen molar-refractivity contribution in [1.29, 1.82) is 0 Å². The number of anilines is 1. The fourth-order valence-electron chi connectivity index (χ4n) is 3.79. The van der Waals surface area contributed by atoms with Crippen LogP contribution in [0.2, 0.25) is 25.1 Å². The zero-order valence-electron chi connectivity index (χ0n) is 17.7. The molecule has 4 rings (SSSR count). The predicted octanol–water partition coefficient (Wildman–Crippen LogP) is 7.70. The van der Waals surface area contributed by atoms with Crippen molar-refractivity contribution in [2.24, 2.45) is 0 Å². The van der Waals surface area contributed by atoms with Gasteiger partial charge in [0.05, 0.1) is 16.2 Å². The molecule has 2 heterocycles. The highest BCUT2D eigenvalue weighted by Crippen LogP contribution is 2.33. The summed E-state index contributed by atoms with van der Waals surface area (Å²) in [6.07, 6.45) is 6.05. The van der Waals surface area contributed by atoms with Gasteiger partial charge in [0.2, 0.25) is 0 Å². The van der Waals surface area contributed by atoms with Crippen molar-refractivity contribution in [2.75, 3.05) is 37.6 Å². The van der Waals surface area contributed by atoms with Crippen LogP contribution >= 0.6 is 70.4 Å². The van der Waals surface area contributed by atoms with E-state index in [0.29, 0.717) is 30.8 Å². The Balaban J connectivity index is 0.00000306. The lowest BCUT2D eigenvalue weighted by Gasteiger charge is -2.35. The summed E-state index contributed by atoms with van der Waals surface area (Å²) in [5.74, 6) is 0. The third-order valence-corrected chi connectivity index (χ3v) is 6.72. The lowest BCUT2D eigenvalue weighted by atomic mass is 10.2. The van der Waals surface area contributed by atoms with Crippen LogP contribution < -0.4 is 4.90 Å². The number of piperazine rings is 1. The average molecular weight is 567 g/mol. The van der Waals surface area contributed by atoms with Crippen LogP contribution in [0, 0.1) is 6.92 Å². The van der Waals surface area contributed by atoms with E-state index in [0.717, 1.165) is 49.7 Å². The van der Waals surface area contributed by atoms with Gasteiger partial charge in [0.1, 0.15) is 5.69 Å². The lowest BCUT2D eigenvalue weighted by molar-refractivity contribution is 0.284.